The fourth-order valence-corrected chi connectivity index (χ4v) is 3.99. The molecule has 6 heteroatoms. The minimum absolute atomic E-state index is 0.0292. The molecule has 3 aromatic carbocycles. The number of esters is 1. The number of hydrogen-bond donors (Lipinski definition) is 1. The van der Waals surface area contributed by atoms with Gasteiger partial charge in [-0.15, -0.1) is 0 Å². The maximum Gasteiger partial charge on any atom is 0.310 e. The van der Waals surface area contributed by atoms with Crippen LogP contribution in [-0.4, -0.2) is 39.1 Å². The van der Waals surface area contributed by atoms with E-state index in [0.29, 0.717) is 24.3 Å². The largest absolute Gasteiger partial charge is 0.493 e. The zero-order chi connectivity index (χ0) is 25.0. The smallest absolute Gasteiger partial charge is 0.310 e. The van der Waals surface area contributed by atoms with Gasteiger partial charge in [0.1, 0.15) is 6.61 Å². The van der Waals surface area contributed by atoms with Gasteiger partial charge in [-0.1, -0.05) is 66.7 Å². The Hall–Kier alpha value is -3.64. The standard InChI is InChI=1S/C29H33NO5/c1-30-25(17-21-10-6-4-7-11-21)26(31)19-24(29(32)35-20-22-12-8-5-9-13-22)16-23-14-15-27(33-2)28(18-23)34-3/h4-15,18,24-25,30H,16-17,19-20H2,1-3H3/t24-,25+/m1/s1. The van der Waals surface area contributed by atoms with Gasteiger partial charge in [-0.25, -0.2) is 0 Å². The van der Waals surface area contributed by atoms with Gasteiger partial charge in [0.05, 0.1) is 26.2 Å². The number of nitrogens with one attached hydrogen (secondary N) is 1. The highest BCUT2D eigenvalue weighted by Gasteiger charge is 2.28. The molecular formula is C29H33NO5. The van der Waals surface area contributed by atoms with Crippen LogP contribution in [-0.2, 0) is 33.8 Å². The summed E-state index contributed by atoms with van der Waals surface area (Å²) in [6.07, 6.45) is 0.972. The first-order chi connectivity index (χ1) is 17.0. The Kier molecular flexibility index (Phi) is 9.87. The van der Waals surface area contributed by atoms with Crippen molar-refractivity contribution in [1.29, 1.82) is 0 Å². The normalized spacial score (nSPS) is 12.4. The average molecular weight is 476 g/mol. The molecule has 0 amide bonds. The molecule has 0 bridgehead atoms. The summed E-state index contributed by atoms with van der Waals surface area (Å²) in [5.74, 6) is 0.125. The van der Waals surface area contributed by atoms with Crippen molar-refractivity contribution >= 4 is 11.8 Å². The van der Waals surface area contributed by atoms with Gasteiger partial charge < -0.3 is 19.5 Å². The summed E-state index contributed by atoms with van der Waals surface area (Å²) in [6.45, 7) is 0.162. The molecule has 0 spiro atoms. The Morgan fingerprint density at radius 1 is 0.771 bits per heavy atom. The second-order valence-electron chi connectivity index (χ2n) is 8.39. The molecule has 1 N–H and O–H groups in total. The van der Waals surface area contributed by atoms with Gasteiger partial charge in [0.2, 0.25) is 0 Å². The van der Waals surface area contributed by atoms with E-state index in [4.69, 9.17) is 14.2 Å². The minimum Gasteiger partial charge on any atom is -0.493 e. The topological polar surface area (TPSA) is 73.9 Å². The summed E-state index contributed by atoms with van der Waals surface area (Å²) in [5.41, 5.74) is 2.82. The number of ether oxygens (including phenoxy) is 3. The van der Waals surface area contributed by atoms with Gasteiger partial charge in [-0.3, -0.25) is 9.59 Å². The Morgan fingerprint density at radius 2 is 1.40 bits per heavy atom. The number of rotatable bonds is 13. The average Bonchev–Trinajstić information content (AvgIpc) is 2.90. The summed E-state index contributed by atoms with van der Waals surface area (Å²) in [6, 6.07) is 24.5. The van der Waals surface area contributed by atoms with Crippen molar-refractivity contribution in [1.82, 2.24) is 5.32 Å². The number of hydrogen-bond acceptors (Lipinski definition) is 6. The molecule has 0 aliphatic carbocycles. The quantitative estimate of drug-likeness (QED) is 0.370. The molecule has 0 heterocycles. The first kappa shape index (κ1) is 26.0. The van der Waals surface area contributed by atoms with E-state index in [1.54, 1.807) is 27.3 Å². The zero-order valence-electron chi connectivity index (χ0n) is 20.5. The second kappa shape index (κ2) is 13.3. The van der Waals surface area contributed by atoms with Crippen LogP contribution in [0.15, 0.2) is 78.9 Å². The molecule has 3 rings (SSSR count). The van der Waals surface area contributed by atoms with E-state index >= 15 is 0 Å². The predicted molar refractivity (Wildman–Crippen MR) is 136 cm³/mol. The lowest BCUT2D eigenvalue weighted by molar-refractivity contribution is -0.151. The highest BCUT2D eigenvalue weighted by molar-refractivity contribution is 5.88. The molecular weight excluding hydrogens is 442 g/mol. The van der Waals surface area contributed by atoms with Crippen molar-refractivity contribution in [2.75, 3.05) is 21.3 Å². The Labute approximate surface area is 207 Å². The SMILES string of the molecule is CN[C@@H](Cc1ccccc1)C(=O)C[C@@H](Cc1ccc(OC)c(OC)c1)C(=O)OCc1ccccc1. The number of likely N-dealkylation sites (N-methyl/N-ethyl adjacent to an activating group) is 1. The third-order valence-corrected chi connectivity index (χ3v) is 5.95. The molecule has 0 saturated heterocycles. The van der Waals surface area contributed by atoms with E-state index in [-0.39, 0.29) is 18.8 Å². The Bertz CT molecular complexity index is 1080. The van der Waals surface area contributed by atoms with E-state index in [1.165, 1.54) is 0 Å². The maximum atomic E-state index is 13.3. The number of methoxy groups -OCH3 is 2. The number of carbonyl (C=O) groups is 2. The number of benzene rings is 3. The van der Waals surface area contributed by atoms with Gasteiger partial charge in [-0.2, -0.15) is 0 Å². The fourth-order valence-electron chi connectivity index (χ4n) is 3.99. The molecule has 6 nitrogen and oxygen atoms in total. The van der Waals surface area contributed by atoms with Crippen LogP contribution in [0.3, 0.4) is 0 Å². The number of Topliss-reactive ketones (excluding diaryl/α,β-unsaturated/α-hetero) is 1. The van der Waals surface area contributed by atoms with Crippen LogP contribution in [0.2, 0.25) is 0 Å². The molecule has 3 aromatic rings. The fraction of sp³-hybridized carbons (Fsp3) is 0.310. The van der Waals surface area contributed by atoms with Crippen molar-refractivity contribution < 1.29 is 23.8 Å². The van der Waals surface area contributed by atoms with Crippen LogP contribution in [0.4, 0.5) is 0 Å². The van der Waals surface area contributed by atoms with Crippen molar-refractivity contribution in [2.24, 2.45) is 5.92 Å². The Morgan fingerprint density at radius 3 is 2.00 bits per heavy atom. The van der Waals surface area contributed by atoms with Gasteiger partial charge in [0.15, 0.2) is 17.3 Å². The van der Waals surface area contributed by atoms with Crippen LogP contribution >= 0.6 is 0 Å². The molecule has 0 unspecified atom stereocenters. The van der Waals surface area contributed by atoms with E-state index in [1.807, 2.05) is 72.8 Å². The molecule has 0 aliphatic rings. The van der Waals surface area contributed by atoms with Crippen LogP contribution in [0, 0.1) is 5.92 Å². The Balaban J connectivity index is 1.76. The molecule has 2 atom stereocenters. The predicted octanol–water partition coefficient (Wildman–Crippen LogP) is 4.40. The third-order valence-electron chi connectivity index (χ3n) is 5.95. The van der Waals surface area contributed by atoms with Gasteiger partial charge in [-0.05, 0) is 48.7 Å². The van der Waals surface area contributed by atoms with E-state index in [2.05, 4.69) is 5.32 Å². The van der Waals surface area contributed by atoms with Crippen molar-refractivity contribution in [3.63, 3.8) is 0 Å². The molecule has 0 aliphatic heterocycles. The summed E-state index contributed by atoms with van der Waals surface area (Å²) >= 11 is 0. The second-order valence-corrected chi connectivity index (χ2v) is 8.39. The summed E-state index contributed by atoms with van der Waals surface area (Å²) in [4.78, 5) is 26.4. The molecule has 0 aromatic heterocycles. The molecule has 0 saturated carbocycles. The van der Waals surface area contributed by atoms with Gasteiger partial charge >= 0.3 is 5.97 Å². The highest BCUT2D eigenvalue weighted by atomic mass is 16.5. The minimum atomic E-state index is -0.629. The van der Waals surface area contributed by atoms with Crippen molar-refractivity contribution in [2.45, 2.75) is 31.9 Å². The number of carbonyl (C=O) groups excluding carboxylic acids is 2. The lowest BCUT2D eigenvalue weighted by Gasteiger charge is -2.20. The summed E-state index contributed by atoms with van der Waals surface area (Å²) < 4.78 is 16.4. The van der Waals surface area contributed by atoms with Crippen molar-refractivity contribution in [3.05, 3.63) is 95.6 Å². The van der Waals surface area contributed by atoms with E-state index in [0.717, 1.165) is 16.7 Å². The molecule has 0 fully saturated rings. The van der Waals surface area contributed by atoms with Gasteiger partial charge in [0.25, 0.3) is 0 Å². The summed E-state index contributed by atoms with van der Waals surface area (Å²) in [5, 5.41) is 3.11. The lowest BCUT2D eigenvalue weighted by atomic mass is 9.90. The van der Waals surface area contributed by atoms with Crippen LogP contribution < -0.4 is 14.8 Å². The van der Waals surface area contributed by atoms with E-state index in [9.17, 15) is 9.59 Å². The molecule has 35 heavy (non-hydrogen) atoms. The first-order valence-corrected chi connectivity index (χ1v) is 11.7. The number of ketones is 1. The molecule has 0 radical (unpaired) electrons. The monoisotopic (exact) mass is 475 g/mol. The van der Waals surface area contributed by atoms with Crippen LogP contribution in [0.1, 0.15) is 23.1 Å². The molecule has 184 valence electrons. The maximum absolute atomic E-state index is 13.3. The van der Waals surface area contributed by atoms with Crippen LogP contribution in [0.5, 0.6) is 11.5 Å². The third kappa shape index (κ3) is 7.69. The van der Waals surface area contributed by atoms with Gasteiger partial charge in [0, 0.05) is 6.42 Å². The zero-order valence-corrected chi connectivity index (χ0v) is 20.5. The first-order valence-electron chi connectivity index (χ1n) is 11.7. The van der Waals surface area contributed by atoms with Crippen molar-refractivity contribution in [3.8, 4) is 11.5 Å². The lowest BCUT2D eigenvalue weighted by Crippen LogP contribution is -2.38. The summed E-state index contributed by atoms with van der Waals surface area (Å²) in [7, 11) is 4.91. The van der Waals surface area contributed by atoms with E-state index < -0.39 is 17.9 Å². The highest BCUT2D eigenvalue weighted by Crippen LogP contribution is 2.29. The van der Waals surface area contributed by atoms with Crippen LogP contribution in [0.25, 0.3) is 0 Å².